The third-order valence-corrected chi connectivity index (χ3v) is 3.82. The molecule has 0 spiro atoms. The first-order valence-corrected chi connectivity index (χ1v) is 7.65. The Morgan fingerprint density at radius 1 is 1.08 bits per heavy atom. The molecule has 0 aliphatic carbocycles. The van der Waals surface area contributed by atoms with E-state index in [0.29, 0.717) is 18.0 Å². The van der Waals surface area contributed by atoms with Crippen molar-refractivity contribution in [2.45, 2.75) is 25.2 Å². The predicted octanol–water partition coefficient (Wildman–Crippen LogP) is 2.45. The van der Waals surface area contributed by atoms with Crippen LogP contribution in [0, 0.1) is 0 Å². The fourth-order valence-electron chi connectivity index (χ4n) is 2.54. The summed E-state index contributed by atoms with van der Waals surface area (Å²) in [5, 5.41) is 2.84. The summed E-state index contributed by atoms with van der Waals surface area (Å²) in [6, 6.07) is 16.7. The zero-order chi connectivity index (χ0) is 16.2. The molecule has 2 aromatic carbocycles. The fraction of sp³-hybridized carbons (Fsp3) is 0.278. The molecule has 6 heteroatoms. The van der Waals surface area contributed by atoms with Crippen LogP contribution in [0.15, 0.2) is 54.6 Å². The largest absolute Gasteiger partial charge is 0.482 e. The van der Waals surface area contributed by atoms with Gasteiger partial charge < -0.3 is 20.5 Å². The first kappa shape index (κ1) is 18.1. The molecule has 5 nitrogen and oxygen atoms in total. The highest BCUT2D eigenvalue weighted by Crippen LogP contribution is 2.33. The number of fused-ring (bicyclic) bond motifs is 1. The van der Waals surface area contributed by atoms with Gasteiger partial charge in [-0.3, -0.25) is 4.79 Å². The van der Waals surface area contributed by atoms with Gasteiger partial charge in [0.15, 0.2) is 11.5 Å². The van der Waals surface area contributed by atoms with Gasteiger partial charge in [-0.05, 0) is 24.6 Å². The second kappa shape index (κ2) is 8.04. The minimum atomic E-state index is -0.687. The SMILES string of the molecule is CC1Oc2ccccc2OC1C(=O)NCC(N)c1ccccc1.Cl. The van der Waals surface area contributed by atoms with E-state index >= 15 is 0 Å². The minimum Gasteiger partial charge on any atom is -0.482 e. The molecule has 128 valence electrons. The van der Waals surface area contributed by atoms with Gasteiger partial charge in [0.05, 0.1) is 0 Å². The number of hydrogen-bond donors (Lipinski definition) is 2. The highest BCUT2D eigenvalue weighted by molar-refractivity contribution is 5.85. The molecule has 1 heterocycles. The number of amides is 1. The number of nitrogens with one attached hydrogen (secondary N) is 1. The van der Waals surface area contributed by atoms with Gasteiger partial charge in [0, 0.05) is 12.6 Å². The molecule has 1 aliphatic heterocycles. The number of carbonyl (C=O) groups is 1. The molecule has 2 aromatic rings. The first-order valence-electron chi connectivity index (χ1n) is 7.65. The lowest BCUT2D eigenvalue weighted by Gasteiger charge is -2.31. The molecule has 24 heavy (non-hydrogen) atoms. The molecule has 3 atom stereocenters. The zero-order valence-corrected chi connectivity index (χ0v) is 14.2. The van der Waals surface area contributed by atoms with Crippen molar-refractivity contribution < 1.29 is 14.3 Å². The van der Waals surface area contributed by atoms with Crippen molar-refractivity contribution in [1.29, 1.82) is 0 Å². The Balaban J connectivity index is 0.00000208. The monoisotopic (exact) mass is 348 g/mol. The Bertz CT molecular complexity index is 681. The maximum atomic E-state index is 12.4. The Morgan fingerprint density at radius 3 is 2.33 bits per heavy atom. The number of nitrogens with two attached hydrogens (primary N) is 1. The van der Waals surface area contributed by atoms with Gasteiger partial charge in [-0.15, -0.1) is 12.4 Å². The summed E-state index contributed by atoms with van der Waals surface area (Å²) in [7, 11) is 0. The number of hydrogen-bond acceptors (Lipinski definition) is 4. The van der Waals surface area contributed by atoms with Gasteiger partial charge in [-0.1, -0.05) is 42.5 Å². The van der Waals surface area contributed by atoms with Crippen molar-refractivity contribution >= 4 is 18.3 Å². The first-order chi connectivity index (χ1) is 11.1. The summed E-state index contributed by atoms with van der Waals surface area (Å²) in [6.45, 7) is 2.16. The molecule has 0 fully saturated rings. The number of halogens is 1. The summed E-state index contributed by atoms with van der Waals surface area (Å²) in [5.41, 5.74) is 7.08. The summed E-state index contributed by atoms with van der Waals surface area (Å²) in [6.07, 6.45) is -1.05. The van der Waals surface area contributed by atoms with Crippen LogP contribution in [0.2, 0.25) is 0 Å². The molecule has 3 rings (SSSR count). The molecule has 0 aromatic heterocycles. The summed E-state index contributed by atoms with van der Waals surface area (Å²) in [4.78, 5) is 12.4. The van der Waals surface area contributed by atoms with E-state index in [2.05, 4.69) is 5.32 Å². The molecule has 3 N–H and O–H groups in total. The van der Waals surface area contributed by atoms with Crippen LogP contribution >= 0.6 is 12.4 Å². The maximum Gasteiger partial charge on any atom is 0.265 e. The van der Waals surface area contributed by atoms with Crippen molar-refractivity contribution in [3.05, 3.63) is 60.2 Å². The third-order valence-electron chi connectivity index (χ3n) is 3.82. The van der Waals surface area contributed by atoms with E-state index in [1.165, 1.54) is 0 Å². The predicted molar refractivity (Wildman–Crippen MR) is 94.6 cm³/mol. The molecule has 0 radical (unpaired) electrons. The minimum absolute atomic E-state index is 0. The van der Waals surface area contributed by atoms with Crippen molar-refractivity contribution in [2.24, 2.45) is 5.73 Å². The van der Waals surface area contributed by atoms with Crippen molar-refractivity contribution in [1.82, 2.24) is 5.32 Å². The van der Waals surface area contributed by atoms with Gasteiger partial charge in [0.2, 0.25) is 6.10 Å². The number of benzene rings is 2. The van der Waals surface area contributed by atoms with Crippen LogP contribution in [-0.4, -0.2) is 24.7 Å². The Hall–Kier alpha value is -2.24. The number of ether oxygens (including phenoxy) is 2. The van der Waals surface area contributed by atoms with Crippen LogP contribution in [0.5, 0.6) is 11.5 Å². The average Bonchev–Trinajstić information content (AvgIpc) is 2.59. The third kappa shape index (κ3) is 3.99. The standard InChI is InChI=1S/C18H20N2O3.ClH/c1-12-17(23-16-10-6-5-9-15(16)22-12)18(21)20-11-14(19)13-7-3-2-4-8-13;/h2-10,12,14,17H,11,19H2,1H3,(H,20,21);1H. The molecular formula is C18H21ClN2O3. The molecular weight excluding hydrogens is 328 g/mol. The number of para-hydroxylation sites is 2. The molecule has 0 bridgehead atoms. The summed E-state index contributed by atoms with van der Waals surface area (Å²) < 4.78 is 11.5. The van der Waals surface area contributed by atoms with Crippen LogP contribution in [0.4, 0.5) is 0 Å². The average molecular weight is 349 g/mol. The van der Waals surface area contributed by atoms with Crippen LogP contribution in [0.1, 0.15) is 18.5 Å². The second-order valence-electron chi connectivity index (χ2n) is 5.57. The second-order valence-corrected chi connectivity index (χ2v) is 5.57. The van der Waals surface area contributed by atoms with Crippen molar-refractivity contribution in [3.63, 3.8) is 0 Å². The maximum absolute atomic E-state index is 12.4. The highest BCUT2D eigenvalue weighted by atomic mass is 35.5. The van der Waals surface area contributed by atoms with Crippen molar-refractivity contribution in [3.8, 4) is 11.5 Å². The number of rotatable bonds is 4. The van der Waals surface area contributed by atoms with Crippen LogP contribution in [-0.2, 0) is 4.79 Å². The summed E-state index contributed by atoms with van der Waals surface area (Å²) in [5.74, 6) is 1.02. The van der Waals surface area contributed by atoms with E-state index in [0.717, 1.165) is 5.56 Å². The van der Waals surface area contributed by atoms with Crippen molar-refractivity contribution in [2.75, 3.05) is 6.54 Å². The molecule has 1 amide bonds. The van der Waals surface area contributed by atoms with E-state index in [1.807, 2.05) is 55.5 Å². The smallest absolute Gasteiger partial charge is 0.265 e. The lowest BCUT2D eigenvalue weighted by molar-refractivity contribution is -0.133. The normalized spacial score (nSPS) is 19.8. The fourth-order valence-corrected chi connectivity index (χ4v) is 2.54. The lowest BCUT2D eigenvalue weighted by atomic mass is 10.1. The zero-order valence-electron chi connectivity index (χ0n) is 13.3. The molecule has 0 saturated carbocycles. The van der Waals surface area contributed by atoms with Gasteiger partial charge >= 0.3 is 0 Å². The quantitative estimate of drug-likeness (QED) is 0.890. The van der Waals surface area contributed by atoms with E-state index in [1.54, 1.807) is 6.07 Å². The van der Waals surface area contributed by atoms with E-state index in [-0.39, 0.29) is 30.5 Å². The summed E-state index contributed by atoms with van der Waals surface area (Å²) >= 11 is 0. The van der Waals surface area contributed by atoms with Gasteiger partial charge in [-0.25, -0.2) is 0 Å². The van der Waals surface area contributed by atoms with Gasteiger partial charge in [-0.2, -0.15) is 0 Å². The molecule has 0 saturated heterocycles. The number of carbonyl (C=O) groups excluding carboxylic acids is 1. The van der Waals surface area contributed by atoms with Crippen LogP contribution < -0.4 is 20.5 Å². The van der Waals surface area contributed by atoms with Gasteiger partial charge in [0.1, 0.15) is 6.10 Å². The van der Waals surface area contributed by atoms with Crippen LogP contribution in [0.3, 0.4) is 0 Å². The highest BCUT2D eigenvalue weighted by Gasteiger charge is 2.33. The Labute approximate surface area is 147 Å². The Kier molecular flexibility index (Phi) is 6.06. The lowest BCUT2D eigenvalue weighted by Crippen LogP contribution is -2.50. The molecule has 1 aliphatic rings. The Morgan fingerprint density at radius 2 is 1.67 bits per heavy atom. The van der Waals surface area contributed by atoms with Crippen LogP contribution in [0.25, 0.3) is 0 Å². The van der Waals surface area contributed by atoms with E-state index < -0.39 is 6.10 Å². The van der Waals surface area contributed by atoms with E-state index in [4.69, 9.17) is 15.2 Å². The van der Waals surface area contributed by atoms with E-state index in [9.17, 15) is 4.79 Å². The van der Waals surface area contributed by atoms with Gasteiger partial charge in [0.25, 0.3) is 5.91 Å². The molecule has 3 unspecified atom stereocenters. The topological polar surface area (TPSA) is 73.6 Å².